The molecule has 0 unspecified atom stereocenters. The number of para-hydroxylation sites is 1. The van der Waals surface area contributed by atoms with Crippen molar-refractivity contribution in [3.63, 3.8) is 0 Å². The molecule has 0 radical (unpaired) electrons. The van der Waals surface area contributed by atoms with Gasteiger partial charge in [0.05, 0.1) is 0 Å². The van der Waals surface area contributed by atoms with Crippen LogP contribution in [0.2, 0.25) is 0 Å². The number of rotatable bonds is 12. The number of nitrogens with one attached hydrogen (secondary N) is 4. The summed E-state index contributed by atoms with van der Waals surface area (Å²) in [7, 11) is 0. The fourth-order valence-electron chi connectivity index (χ4n) is 3.13. The maximum absolute atomic E-state index is 3.50. The van der Waals surface area contributed by atoms with Crippen LogP contribution in [0.1, 0.15) is 24.0 Å². The second-order valence-corrected chi connectivity index (χ2v) is 7.03. The third kappa shape index (κ3) is 7.59. The first kappa shape index (κ1) is 20.2. The van der Waals surface area contributed by atoms with Crippen LogP contribution in [0.5, 0.6) is 0 Å². The van der Waals surface area contributed by atoms with Crippen LogP contribution in [-0.4, -0.2) is 26.2 Å². The molecule has 0 aromatic heterocycles. The van der Waals surface area contributed by atoms with E-state index in [1.807, 2.05) is 18.2 Å². The lowest BCUT2D eigenvalue weighted by molar-refractivity contribution is 0.653. The number of allylic oxidation sites excluding steroid dienone is 3. The van der Waals surface area contributed by atoms with Gasteiger partial charge in [0.25, 0.3) is 0 Å². The van der Waals surface area contributed by atoms with Gasteiger partial charge in [-0.2, -0.15) is 0 Å². The molecule has 4 nitrogen and oxygen atoms in total. The highest BCUT2D eigenvalue weighted by molar-refractivity contribution is 5.42. The minimum atomic E-state index is 0.900. The smallest absolute Gasteiger partial charge is 0.0340 e. The predicted octanol–water partition coefficient (Wildman–Crippen LogP) is 3.80. The van der Waals surface area contributed by atoms with E-state index in [1.165, 1.54) is 28.9 Å². The summed E-state index contributed by atoms with van der Waals surface area (Å²) in [4.78, 5) is 0. The van der Waals surface area contributed by atoms with Crippen molar-refractivity contribution in [2.24, 2.45) is 0 Å². The van der Waals surface area contributed by atoms with E-state index in [9.17, 15) is 0 Å². The molecule has 0 bridgehead atoms. The summed E-state index contributed by atoms with van der Waals surface area (Å²) < 4.78 is 0. The summed E-state index contributed by atoms with van der Waals surface area (Å²) in [6.45, 7) is 5.59. The van der Waals surface area contributed by atoms with Crippen molar-refractivity contribution in [1.82, 2.24) is 16.0 Å². The Kier molecular flexibility index (Phi) is 8.66. The van der Waals surface area contributed by atoms with Crippen LogP contribution < -0.4 is 21.3 Å². The van der Waals surface area contributed by atoms with Gasteiger partial charge >= 0.3 is 0 Å². The van der Waals surface area contributed by atoms with Gasteiger partial charge in [0.2, 0.25) is 0 Å². The van der Waals surface area contributed by atoms with Crippen molar-refractivity contribution >= 4 is 5.69 Å². The largest absolute Gasteiger partial charge is 0.384 e. The van der Waals surface area contributed by atoms with Crippen LogP contribution in [0, 0.1) is 0 Å². The lowest BCUT2D eigenvalue weighted by Gasteiger charge is -2.11. The Bertz CT molecular complexity index is 735. The van der Waals surface area contributed by atoms with Crippen molar-refractivity contribution < 1.29 is 0 Å². The molecule has 3 rings (SSSR count). The van der Waals surface area contributed by atoms with Crippen molar-refractivity contribution in [2.45, 2.75) is 25.9 Å². The zero-order valence-corrected chi connectivity index (χ0v) is 16.6. The average Bonchev–Trinajstić information content (AvgIpc) is 2.76. The van der Waals surface area contributed by atoms with E-state index in [2.05, 4.69) is 75.9 Å². The molecule has 28 heavy (non-hydrogen) atoms. The number of hydrogen-bond donors (Lipinski definition) is 4. The Morgan fingerprint density at radius 2 is 1.29 bits per heavy atom. The maximum atomic E-state index is 3.50. The van der Waals surface area contributed by atoms with Gasteiger partial charge in [-0.05, 0) is 42.2 Å². The van der Waals surface area contributed by atoms with Crippen LogP contribution in [-0.2, 0) is 13.1 Å². The Morgan fingerprint density at radius 3 is 1.89 bits per heavy atom. The third-order valence-corrected chi connectivity index (χ3v) is 4.71. The molecule has 1 aliphatic carbocycles. The first-order valence-corrected chi connectivity index (χ1v) is 10.3. The molecule has 4 N–H and O–H groups in total. The predicted molar refractivity (Wildman–Crippen MR) is 119 cm³/mol. The van der Waals surface area contributed by atoms with E-state index in [1.54, 1.807) is 0 Å². The van der Waals surface area contributed by atoms with Crippen molar-refractivity contribution in [3.8, 4) is 0 Å². The Labute approximate surface area is 169 Å². The molecule has 0 saturated heterocycles. The van der Waals surface area contributed by atoms with E-state index in [4.69, 9.17) is 0 Å². The van der Waals surface area contributed by atoms with Gasteiger partial charge in [0.15, 0.2) is 0 Å². The van der Waals surface area contributed by atoms with Crippen LogP contribution >= 0.6 is 0 Å². The molecule has 0 spiro atoms. The second kappa shape index (κ2) is 12.0. The SMILES string of the molecule is C1=CC(NCCNCc2ccc(CNCCNc3ccccc3)cc2)=CCC1. The summed E-state index contributed by atoms with van der Waals surface area (Å²) in [5.74, 6) is 0. The summed E-state index contributed by atoms with van der Waals surface area (Å²) in [5.41, 5.74) is 5.07. The number of anilines is 1. The van der Waals surface area contributed by atoms with E-state index in [0.29, 0.717) is 0 Å². The second-order valence-electron chi connectivity index (χ2n) is 7.03. The molecule has 4 heteroatoms. The van der Waals surface area contributed by atoms with Crippen molar-refractivity contribution in [1.29, 1.82) is 0 Å². The number of benzene rings is 2. The molecule has 0 aliphatic heterocycles. The van der Waals surface area contributed by atoms with Gasteiger partial charge in [0, 0.05) is 50.7 Å². The summed E-state index contributed by atoms with van der Waals surface area (Å²) in [6.07, 6.45) is 8.99. The van der Waals surface area contributed by atoms with Gasteiger partial charge in [-0.3, -0.25) is 0 Å². The molecule has 0 heterocycles. The first-order valence-electron chi connectivity index (χ1n) is 10.3. The zero-order chi connectivity index (χ0) is 19.3. The molecular formula is C24H32N4. The highest BCUT2D eigenvalue weighted by Crippen LogP contribution is 2.07. The molecule has 0 atom stereocenters. The van der Waals surface area contributed by atoms with Crippen molar-refractivity contribution in [3.05, 3.63) is 89.6 Å². The molecule has 0 fully saturated rings. The molecule has 1 aliphatic rings. The highest BCUT2D eigenvalue weighted by atomic mass is 14.9. The van der Waals surface area contributed by atoms with Gasteiger partial charge in [-0.25, -0.2) is 0 Å². The quantitative estimate of drug-likeness (QED) is 0.426. The van der Waals surface area contributed by atoms with Crippen LogP contribution in [0.25, 0.3) is 0 Å². The molecule has 2 aromatic carbocycles. The normalized spacial score (nSPS) is 13.2. The molecular weight excluding hydrogens is 344 g/mol. The Hall–Kier alpha value is -2.56. The maximum Gasteiger partial charge on any atom is 0.0340 e. The molecule has 148 valence electrons. The lowest BCUT2D eigenvalue weighted by Crippen LogP contribution is -2.26. The molecule has 0 saturated carbocycles. The minimum absolute atomic E-state index is 0.900. The summed E-state index contributed by atoms with van der Waals surface area (Å²) >= 11 is 0. The molecule has 2 aromatic rings. The molecule has 0 amide bonds. The number of hydrogen-bond acceptors (Lipinski definition) is 4. The summed E-state index contributed by atoms with van der Waals surface area (Å²) in [6, 6.07) is 19.2. The van der Waals surface area contributed by atoms with Crippen LogP contribution in [0.15, 0.2) is 78.5 Å². The topological polar surface area (TPSA) is 48.1 Å². The van der Waals surface area contributed by atoms with Crippen LogP contribution in [0.3, 0.4) is 0 Å². The Morgan fingerprint density at radius 1 is 0.643 bits per heavy atom. The van der Waals surface area contributed by atoms with Gasteiger partial charge in [-0.1, -0.05) is 54.6 Å². The van der Waals surface area contributed by atoms with Gasteiger partial charge in [-0.15, -0.1) is 0 Å². The third-order valence-electron chi connectivity index (χ3n) is 4.71. The monoisotopic (exact) mass is 376 g/mol. The highest BCUT2D eigenvalue weighted by Gasteiger charge is 1.98. The van der Waals surface area contributed by atoms with Crippen molar-refractivity contribution in [2.75, 3.05) is 31.5 Å². The average molecular weight is 377 g/mol. The van der Waals surface area contributed by atoms with Gasteiger partial charge < -0.3 is 21.3 Å². The van der Waals surface area contributed by atoms with E-state index < -0.39 is 0 Å². The summed E-state index contributed by atoms with van der Waals surface area (Å²) in [5, 5.41) is 13.9. The van der Waals surface area contributed by atoms with E-state index in [0.717, 1.165) is 45.7 Å². The van der Waals surface area contributed by atoms with Crippen LogP contribution in [0.4, 0.5) is 5.69 Å². The van der Waals surface area contributed by atoms with E-state index >= 15 is 0 Å². The first-order chi connectivity index (χ1) is 13.9. The fraction of sp³-hybridized carbons (Fsp3) is 0.333. The zero-order valence-electron chi connectivity index (χ0n) is 16.6. The fourth-order valence-corrected chi connectivity index (χ4v) is 3.13. The van der Waals surface area contributed by atoms with Gasteiger partial charge in [0.1, 0.15) is 0 Å². The Balaban J connectivity index is 1.24. The lowest BCUT2D eigenvalue weighted by atomic mass is 10.1. The standard InChI is InChI=1S/C24H32N4/c1-3-7-23(8-4-1)27-17-15-25-19-21-11-13-22(14-12-21)20-26-16-18-28-24-9-5-2-6-10-24/h1,3-5,7-14,25-28H,2,6,15-20H2. The minimum Gasteiger partial charge on any atom is -0.384 e. The van der Waals surface area contributed by atoms with E-state index in [-0.39, 0.29) is 0 Å².